The highest BCUT2D eigenvalue weighted by Crippen LogP contribution is 2.48. The van der Waals surface area contributed by atoms with Gasteiger partial charge in [0, 0.05) is 26.3 Å². The third kappa shape index (κ3) is 3.45. The predicted octanol–water partition coefficient (Wildman–Crippen LogP) is 3.22. The second-order valence-electron chi connectivity index (χ2n) is 6.53. The lowest BCUT2D eigenvalue weighted by molar-refractivity contribution is 0.159. The fourth-order valence-corrected chi connectivity index (χ4v) is 3.43. The van der Waals surface area contributed by atoms with Crippen molar-refractivity contribution in [2.45, 2.75) is 58.4 Å². The van der Waals surface area contributed by atoms with E-state index in [1.165, 1.54) is 45.1 Å². The van der Waals surface area contributed by atoms with Crippen molar-refractivity contribution in [2.24, 2.45) is 17.3 Å². The van der Waals surface area contributed by atoms with E-state index in [9.17, 15) is 0 Å². The Hall–Kier alpha value is -0.0800. The number of rotatable bonds is 6. The molecule has 2 aliphatic carbocycles. The number of nitrogens with one attached hydrogen (secondary N) is 1. The van der Waals surface area contributed by atoms with Crippen molar-refractivity contribution < 1.29 is 4.74 Å². The average Bonchev–Trinajstić information content (AvgIpc) is 3.07. The van der Waals surface area contributed by atoms with Crippen LogP contribution in [0.25, 0.3) is 0 Å². The molecule has 0 aromatic rings. The number of methoxy groups -OCH3 is 1. The largest absolute Gasteiger partial charge is 0.385 e. The van der Waals surface area contributed by atoms with Gasteiger partial charge in [-0.2, -0.15) is 0 Å². The lowest BCUT2D eigenvalue weighted by atomic mass is 9.78. The maximum absolute atomic E-state index is 5.22. The summed E-state index contributed by atoms with van der Waals surface area (Å²) in [5.74, 6) is 1.72. The molecule has 0 radical (unpaired) electrons. The van der Waals surface area contributed by atoms with Gasteiger partial charge in [-0.1, -0.05) is 20.3 Å². The first kappa shape index (κ1) is 13.4. The van der Waals surface area contributed by atoms with Gasteiger partial charge < -0.3 is 10.1 Å². The van der Waals surface area contributed by atoms with Crippen LogP contribution in [0.5, 0.6) is 0 Å². The van der Waals surface area contributed by atoms with Gasteiger partial charge in [0.05, 0.1) is 0 Å². The molecular formula is C15H29NO. The quantitative estimate of drug-likeness (QED) is 0.768. The van der Waals surface area contributed by atoms with Crippen molar-refractivity contribution >= 4 is 0 Å². The molecule has 0 amide bonds. The van der Waals surface area contributed by atoms with Gasteiger partial charge in [-0.15, -0.1) is 0 Å². The zero-order valence-corrected chi connectivity index (χ0v) is 11.8. The van der Waals surface area contributed by atoms with Crippen molar-refractivity contribution in [2.75, 3.05) is 20.3 Å². The molecule has 0 aliphatic heterocycles. The molecule has 0 heterocycles. The molecule has 2 nitrogen and oxygen atoms in total. The van der Waals surface area contributed by atoms with Crippen molar-refractivity contribution in [3.8, 4) is 0 Å². The number of ether oxygens (including phenoxy) is 1. The molecule has 0 saturated heterocycles. The van der Waals surface area contributed by atoms with Gasteiger partial charge in [-0.3, -0.25) is 0 Å². The average molecular weight is 239 g/mol. The van der Waals surface area contributed by atoms with Crippen molar-refractivity contribution in [3.05, 3.63) is 0 Å². The van der Waals surface area contributed by atoms with E-state index in [0.29, 0.717) is 5.41 Å². The fourth-order valence-electron chi connectivity index (χ4n) is 3.43. The first-order valence-electron chi connectivity index (χ1n) is 7.39. The Morgan fingerprint density at radius 1 is 1.18 bits per heavy atom. The normalized spacial score (nSPS) is 35.8. The van der Waals surface area contributed by atoms with Crippen molar-refractivity contribution in [3.63, 3.8) is 0 Å². The standard InChI is InChI=1S/C15H29NO/c1-12-5-4-6-13(2)14(12)16-11-15(7-8-15)9-10-17-3/h12-14,16H,4-11H2,1-3H3. The third-order valence-corrected chi connectivity index (χ3v) is 5.05. The van der Waals surface area contributed by atoms with Crippen LogP contribution in [-0.2, 0) is 4.74 Å². The van der Waals surface area contributed by atoms with Gasteiger partial charge >= 0.3 is 0 Å². The molecule has 2 heteroatoms. The van der Waals surface area contributed by atoms with E-state index in [1.54, 1.807) is 0 Å². The summed E-state index contributed by atoms with van der Waals surface area (Å²) in [6, 6.07) is 0.753. The topological polar surface area (TPSA) is 21.3 Å². The van der Waals surface area contributed by atoms with Crippen molar-refractivity contribution in [1.29, 1.82) is 0 Å². The molecule has 1 N–H and O–H groups in total. The van der Waals surface area contributed by atoms with E-state index in [0.717, 1.165) is 24.5 Å². The minimum atomic E-state index is 0.590. The van der Waals surface area contributed by atoms with Gasteiger partial charge in [0.25, 0.3) is 0 Å². The zero-order valence-electron chi connectivity index (χ0n) is 11.8. The van der Waals surface area contributed by atoms with Crippen LogP contribution < -0.4 is 5.32 Å². The molecule has 2 aliphatic rings. The van der Waals surface area contributed by atoms with E-state index in [2.05, 4.69) is 19.2 Å². The van der Waals surface area contributed by atoms with Crippen LogP contribution in [0.2, 0.25) is 0 Å². The molecule has 0 bridgehead atoms. The molecule has 2 rings (SSSR count). The summed E-state index contributed by atoms with van der Waals surface area (Å²) in [5, 5.41) is 3.88. The smallest absolute Gasteiger partial charge is 0.0468 e. The highest BCUT2D eigenvalue weighted by molar-refractivity contribution is 4.96. The Bertz CT molecular complexity index is 227. The molecule has 0 aromatic carbocycles. The Balaban J connectivity index is 1.76. The van der Waals surface area contributed by atoms with Gasteiger partial charge in [0.15, 0.2) is 0 Å². The monoisotopic (exact) mass is 239 g/mol. The first-order valence-corrected chi connectivity index (χ1v) is 7.39. The molecule has 2 atom stereocenters. The molecule has 2 saturated carbocycles. The second kappa shape index (κ2) is 5.71. The Kier molecular flexibility index (Phi) is 4.48. The maximum Gasteiger partial charge on any atom is 0.0468 e. The molecule has 2 unspecified atom stereocenters. The van der Waals surface area contributed by atoms with Crippen LogP contribution in [0.4, 0.5) is 0 Å². The fraction of sp³-hybridized carbons (Fsp3) is 1.00. The summed E-state index contributed by atoms with van der Waals surface area (Å²) in [6.45, 7) is 6.98. The minimum Gasteiger partial charge on any atom is -0.385 e. The van der Waals surface area contributed by atoms with Crippen LogP contribution in [0.3, 0.4) is 0 Å². The van der Waals surface area contributed by atoms with Crippen LogP contribution in [-0.4, -0.2) is 26.3 Å². The first-order chi connectivity index (χ1) is 8.17. The molecule has 2 fully saturated rings. The van der Waals surface area contributed by atoms with E-state index < -0.39 is 0 Å². The zero-order chi connectivity index (χ0) is 12.3. The third-order valence-electron chi connectivity index (χ3n) is 5.05. The van der Waals surface area contributed by atoms with Gasteiger partial charge in [0.2, 0.25) is 0 Å². The predicted molar refractivity (Wildman–Crippen MR) is 72.1 cm³/mol. The van der Waals surface area contributed by atoms with Crippen LogP contribution in [0.1, 0.15) is 52.4 Å². The van der Waals surface area contributed by atoms with Crippen LogP contribution in [0, 0.1) is 17.3 Å². The molecule has 100 valence electrons. The summed E-state index contributed by atoms with van der Waals surface area (Å²) >= 11 is 0. The SMILES string of the molecule is COCCC1(CNC2C(C)CCCC2C)CC1. The summed E-state index contributed by atoms with van der Waals surface area (Å²) in [7, 11) is 1.81. The van der Waals surface area contributed by atoms with Gasteiger partial charge in [-0.25, -0.2) is 0 Å². The summed E-state index contributed by atoms with van der Waals surface area (Å²) in [5.41, 5.74) is 0.590. The second-order valence-corrected chi connectivity index (χ2v) is 6.53. The van der Waals surface area contributed by atoms with Gasteiger partial charge in [0.1, 0.15) is 0 Å². The van der Waals surface area contributed by atoms with Crippen molar-refractivity contribution in [1.82, 2.24) is 5.32 Å². The Morgan fingerprint density at radius 3 is 2.35 bits per heavy atom. The van der Waals surface area contributed by atoms with Gasteiger partial charge in [-0.05, 0) is 49.4 Å². The Morgan fingerprint density at radius 2 is 1.82 bits per heavy atom. The highest BCUT2D eigenvalue weighted by atomic mass is 16.5. The van der Waals surface area contributed by atoms with E-state index in [-0.39, 0.29) is 0 Å². The maximum atomic E-state index is 5.22. The van der Waals surface area contributed by atoms with E-state index in [4.69, 9.17) is 4.74 Å². The number of hydrogen-bond acceptors (Lipinski definition) is 2. The van der Waals surface area contributed by atoms with E-state index >= 15 is 0 Å². The molecule has 0 spiro atoms. The molecule has 0 aromatic heterocycles. The molecule has 17 heavy (non-hydrogen) atoms. The summed E-state index contributed by atoms with van der Waals surface area (Å²) < 4.78 is 5.22. The minimum absolute atomic E-state index is 0.590. The van der Waals surface area contributed by atoms with E-state index in [1.807, 2.05) is 7.11 Å². The number of hydrogen-bond donors (Lipinski definition) is 1. The lowest BCUT2D eigenvalue weighted by Crippen LogP contribution is -2.45. The summed E-state index contributed by atoms with van der Waals surface area (Å²) in [4.78, 5) is 0. The lowest BCUT2D eigenvalue weighted by Gasteiger charge is -2.36. The van der Waals surface area contributed by atoms with Crippen LogP contribution >= 0.6 is 0 Å². The summed E-state index contributed by atoms with van der Waals surface area (Å²) in [6.07, 6.45) is 8.29. The van der Waals surface area contributed by atoms with Crippen LogP contribution in [0.15, 0.2) is 0 Å². The Labute approximate surface area is 107 Å². The highest BCUT2D eigenvalue weighted by Gasteiger charge is 2.42. The molecular weight excluding hydrogens is 210 g/mol.